The molecule has 0 aromatic rings. The average Bonchev–Trinajstić information content (AvgIpc) is 2.71. The number of hydrogen-bond acceptors (Lipinski definition) is 5. The monoisotopic (exact) mass is 225 g/mol. The first-order valence-corrected chi connectivity index (χ1v) is 4.52. The first-order chi connectivity index (χ1) is 7.69. The summed E-state index contributed by atoms with van der Waals surface area (Å²) in [5.41, 5.74) is 1.94. The van der Waals surface area contributed by atoms with Crippen LogP contribution in [-0.2, 0) is 9.47 Å². The molecule has 16 heavy (non-hydrogen) atoms. The van der Waals surface area contributed by atoms with Crippen molar-refractivity contribution in [2.75, 3.05) is 13.4 Å². The average molecular weight is 225 g/mol. The molecule has 0 unspecified atom stereocenters. The Labute approximate surface area is 91.9 Å². The van der Waals surface area contributed by atoms with Gasteiger partial charge in [-0.15, -0.1) is 0 Å². The van der Waals surface area contributed by atoms with Gasteiger partial charge in [0.15, 0.2) is 11.5 Å². The Balaban J connectivity index is 2.86. The molecule has 0 aromatic heterocycles. The van der Waals surface area contributed by atoms with Gasteiger partial charge >= 0.3 is 5.70 Å². The molecule has 0 saturated carbocycles. The Hall–Kier alpha value is -2.04. The molecule has 0 amide bonds. The van der Waals surface area contributed by atoms with E-state index in [-0.39, 0.29) is 6.79 Å². The number of aliphatic hydroxyl groups excluding tert-OH is 1. The lowest BCUT2D eigenvalue weighted by Gasteiger charge is -1.91. The molecule has 1 rings (SSSR count). The second kappa shape index (κ2) is 5.75. The summed E-state index contributed by atoms with van der Waals surface area (Å²) < 4.78 is 10.2. The van der Waals surface area contributed by atoms with E-state index in [1.54, 1.807) is 13.0 Å². The zero-order valence-corrected chi connectivity index (χ0v) is 8.67. The van der Waals surface area contributed by atoms with Crippen molar-refractivity contribution in [1.29, 1.82) is 0 Å². The molecular formula is C10H11NO5. The zero-order chi connectivity index (χ0) is 12.0. The molecule has 1 N–H and O–H groups in total. The van der Waals surface area contributed by atoms with Crippen LogP contribution in [0.4, 0.5) is 0 Å². The van der Waals surface area contributed by atoms with Crippen molar-refractivity contribution in [1.82, 2.24) is 0 Å². The van der Waals surface area contributed by atoms with E-state index in [0.717, 1.165) is 0 Å². The first-order valence-electron chi connectivity index (χ1n) is 4.52. The predicted molar refractivity (Wildman–Crippen MR) is 54.6 cm³/mol. The second-order valence-corrected chi connectivity index (χ2v) is 2.76. The largest absolute Gasteiger partial charge is 0.454 e. The molecular weight excluding hydrogens is 214 g/mol. The summed E-state index contributed by atoms with van der Waals surface area (Å²) in [5.74, 6) is 1.06. The van der Waals surface area contributed by atoms with Gasteiger partial charge in [-0.2, -0.15) is 0 Å². The summed E-state index contributed by atoms with van der Waals surface area (Å²) in [4.78, 5) is 9.62. The number of hydrogen-bond donors (Lipinski definition) is 1. The quantitative estimate of drug-likeness (QED) is 0.441. The third-order valence-electron chi connectivity index (χ3n) is 1.79. The van der Waals surface area contributed by atoms with Crippen molar-refractivity contribution < 1.29 is 19.5 Å². The molecule has 86 valence electrons. The molecule has 6 heteroatoms. The van der Waals surface area contributed by atoms with Gasteiger partial charge in [0.25, 0.3) is 0 Å². The van der Waals surface area contributed by atoms with Gasteiger partial charge in [-0.3, -0.25) is 10.1 Å². The highest BCUT2D eigenvalue weighted by molar-refractivity contribution is 5.25. The summed E-state index contributed by atoms with van der Waals surface area (Å²) in [6.45, 7) is 1.25. The lowest BCUT2D eigenvalue weighted by molar-refractivity contribution is -0.429. The van der Waals surface area contributed by atoms with Crippen LogP contribution in [0.2, 0.25) is 0 Å². The molecule has 1 saturated heterocycles. The molecule has 0 aliphatic carbocycles. The van der Waals surface area contributed by atoms with Crippen LogP contribution in [0.1, 0.15) is 6.92 Å². The fraction of sp³-hybridized carbons (Fsp3) is 0.300. The van der Waals surface area contributed by atoms with E-state index in [2.05, 4.69) is 5.73 Å². The van der Waals surface area contributed by atoms with Crippen LogP contribution in [0.5, 0.6) is 0 Å². The van der Waals surface area contributed by atoms with Crippen molar-refractivity contribution in [2.24, 2.45) is 0 Å². The fourth-order valence-corrected chi connectivity index (χ4v) is 1.02. The van der Waals surface area contributed by atoms with Gasteiger partial charge in [0.1, 0.15) is 6.61 Å². The van der Waals surface area contributed by atoms with Gasteiger partial charge < -0.3 is 14.6 Å². The highest BCUT2D eigenvalue weighted by Crippen LogP contribution is 2.20. The lowest BCUT2D eigenvalue weighted by Crippen LogP contribution is -2.01. The van der Waals surface area contributed by atoms with E-state index < -0.39 is 17.2 Å². The Morgan fingerprint density at radius 1 is 1.62 bits per heavy atom. The van der Waals surface area contributed by atoms with E-state index in [0.29, 0.717) is 11.5 Å². The molecule has 0 bridgehead atoms. The minimum Gasteiger partial charge on any atom is -0.454 e. The van der Waals surface area contributed by atoms with E-state index in [1.807, 2.05) is 0 Å². The van der Waals surface area contributed by atoms with Gasteiger partial charge in [-0.05, 0) is 30.9 Å². The highest BCUT2D eigenvalue weighted by atomic mass is 16.7. The molecule has 1 heterocycles. The highest BCUT2D eigenvalue weighted by Gasteiger charge is 2.13. The van der Waals surface area contributed by atoms with Crippen LogP contribution in [0.25, 0.3) is 0 Å². The molecule has 0 atom stereocenters. The van der Waals surface area contributed by atoms with Crippen LogP contribution in [0.3, 0.4) is 0 Å². The summed E-state index contributed by atoms with van der Waals surface area (Å²) >= 11 is 0. The van der Waals surface area contributed by atoms with E-state index in [1.165, 1.54) is 12.2 Å². The Kier molecular flexibility index (Phi) is 4.32. The Morgan fingerprint density at radius 2 is 2.31 bits per heavy atom. The van der Waals surface area contributed by atoms with Gasteiger partial charge in [0.2, 0.25) is 6.79 Å². The molecule has 1 aliphatic rings. The van der Waals surface area contributed by atoms with Crippen LogP contribution < -0.4 is 0 Å². The van der Waals surface area contributed by atoms with Gasteiger partial charge in [0.05, 0.1) is 4.92 Å². The number of ether oxygens (including phenoxy) is 2. The van der Waals surface area contributed by atoms with E-state index in [4.69, 9.17) is 14.6 Å². The molecule has 0 aromatic carbocycles. The number of nitro groups is 1. The third-order valence-corrected chi connectivity index (χ3v) is 1.79. The number of aliphatic hydroxyl groups is 1. The van der Waals surface area contributed by atoms with Crippen molar-refractivity contribution >= 4 is 0 Å². The van der Waals surface area contributed by atoms with Gasteiger partial charge in [-0.25, -0.2) is 0 Å². The maximum Gasteiger partial charge on any atom is 0.313 e. The third kappa shape index (κ3) is 2.98. The number of nitrogens with zero attached hydrogens (tertiary/aromatic N) is 1. The van der Waals surface area contributed by atoms with Crippen molar-refractivity contribution in [2.45, 2.75) is 6.92 Å². The van der Waals surface area contributed by atoms with Crippen LogP contribution in [0.15, 0.2) is 41.2 Å². The summed E-state index contributed by atoms with van der Waals surface area (Å²) in [6, 6.07) is 0. The standard InChI is InChI=1S/C10H11NO5/c1-2-9-10(16-7-15-9)5-3-4-8(6-12)11(13)14/h2-3,5,12H,6-7H2,1H3/b9-2+,10-5+. The first kappa shape index (κ1) is 12.0. The topological polar surface area (TPSA) is 81.8 Å². The number of allylic oxidation sites excluding steroid dienone is 2. The van der Waals surface area contributed by atoms with Crippen LogP contribution >= 0.6 is 0 Å². The predicted octanol–water partition coefficient (Wildman–Crippen LogP) is 1.09. The van der Waals surface area contributed by atoms with Crippen LogP contribution in [0, 0.1) is 10.1 Å². The summed E-state index contributed by atoms with van der Waals surface area (Å²) in [5, 5.41) is 19.0. The normalized spacial score (nSPS) is 18.9. The second-order valence-electron chi connectivity index (χ2n) is 2.76. The van der Waals surface area contributed by atoms with Gasteiger partial charge in [-0.1, -0.05) is 0 Å². The molecule has 0 spiro atoms. The molecule has 0 radical (unpaired) electrons. The Morgan fingerprint density at radius 3 is 2.88 bits per heavy atom. The fourth-order valence-electron chi connectivity index (χ4n) is 1.02. The maximum absolute atomic E-state index is 10.3. The molecule has 6 nitrogen and oxygen atoms in total. The molecule has 1 fully saturated rings. The minimum atomic E-state index is -0.697. The van der Waals surface area contributed by atoms with Crippen LogP contribution in [-0.4, -0.2) is 23.4 Å². The SMILES string of the molecule is C/C=C1/OCO/C1=C/C=C=C(CO)[N+](=O)[O-]. The smallest absolute Gasteiger partial charge is 0.313 e. The summed E-state index contributed by atoms with van der Waals surface area (Å²) in [6.07, 6.45) is 4.51. The maximum atomic E-state index is 10.3. The summed E-state index contributed by atoms with van der Waals surface area (Å²) in [7, 11) is 0. The minimum absolute atomic E-state index is 0.130. The van der Waals surface area contributed by atoms with Crippen molar-refractivity contribution in [3.63, 3.8) is 0 Å². The zero-order valence-electron chi connectivity index (χ0n) is 8.67. The van der Waals surface area contributed by atoms with Gasteiger partial charge in [0, 0.05) is 0 Å². The lowest BCUT2D eigenvalue weighted by atomic mass is 10.3. The van der Waals surface area contributed by atoms with Crippen molar-refractivity contribution in [3.8, 4) is 0 Å². The molecule has 1 aliphatic heterocycles. The van der Waals surface area contributed by atoms with E-state index >= 15 is 0 Å². The Bertz CT molecular complexity index is 401. The van der Waals surface area contributed by atoms with E-state index in [9.17, 15) is 10.1 Å². The van der Waals surface area contributed by atoms with Crippen molar-refractivity contribution in [3.05, 3.63) is 51.3 Å². The number of rotatable bonds is 3.